The van der Waals surface area contributed by atoms with Crippen LogP contribution in [0.25, 0.3) is 11.3 Å². The van der Waals surface area contributed by atoms with Crippen LogP contribution in [0, 0.1) is 18.7 Å². The van der Waals surface area contributed by atoms with E-state index in [0.717, 1.165) is 0 Å². The fourth-order valence-electron chi connectivity index (χ4n) is 2.47. The zero-order valence-corrected chi connectivity index (χ0v) is 14.4. The average molecular weight is 339 g/mol. The highest BCUT2D eigenvalue weighted by molar-refractivity contribution is 6.33. The molecule has 0 aliphatic rings. The van der Waals surface area contributed by atoms with E-state index in [1.165, 1.54) is 12.1 Å². The van der Waals surface area contributed by atoms with Crippen molar-refractivity contribution in [2.75, 3.05) is 13.1 Å². The number of amides is 1. The first-order chi connectivity index (χ1) is 10.9. The van der Waals surface area contributed by atoms with Gasteiger partial charge in [0.15, 0.2) is 0 Å². The molecule has 0 fully saturated rings. The maximum atomic E-state index is 14.2. The van der Waals surface area contributed by atoms with E-state index in [-0.39, 0.29) is 27.8 Å². The van der Waals surface area contributed by atoms with Crippen molar-refractivity contribution in [3.05, 3.63) is 40.4 Å². The summed E-state index contributed by atoms with van der Waals surface area (Å²) in [7, 11) is 0. The lowest BCUT2D eigenvalue weighted by atomic mass is 10.0. The zero-order valence-electron chi connectivity index (χ0n) is 13.7. The number of rotatable bonds is 5. The Labute approximate surface area is 140 Å². The maximum Gasteiger partial charge on any atom is 0.259 e. The maximum absolute atomic E-state index is 14.2. The minimum absolute atomic E-state index is 0.0926. The van der Waals surface area contributed by atoms with E-state index in [0.29, 0.717) is 24.8 Å². The standard InChI is InChI=1S/C17H20ClFN2O2/c1-5-21(9-10(2)3)17(22)14-11(4)23-20-16(14)15-12(18)7-6-8-13(15)19/h6-8,10H,5,9H2,1-4H3. The second-order valence-corrected chi connectivity index (χ2v) is 6.20. The predicted molar refractivity (Wildman–Crippen MR) is 88.1 cm³/mol. The molecule has 0 bridgehead atoms. The van der Waals surface area contributed by atoms with Crippen LogP contribution in [0.4, 0.5) is 4.39 Å². The van der Waals surface area contributed by atoms with E-state index in [2.05, 4.69) is 5.16 Å². The Morgan fingerprint density at radius 2 is 2.13 bits per heavy atom. The molecule has 2 rings (SSSR count). The summed E-state index contributed by atoms with van der Waals surface area (Å²) in [4.78, 5) is 14.6. The van der Waals surface area contributed by atoms with Gasteiger partial charge in [-0.15, -0.1) is 0 Å². The summed E-state index contributed by atoms with van der Waals surface area (Å²) in [6, 6.07) is 4.35. The lowest BCUT2D eigenvalue weighted by Crippen LogP contribution is -2.34. The van der Waals surface area contributed by atoms with Crippen LogP contribution in [0.1, 0.15) is 36.9 Å². The number of carbonyl (C=O) groups is 1. The van der Waals surface area contributed by atoms with Gasteiger partial charge >= 0.3 is 0 Å². The van der Waals surface area contributed by atoms with E-state index in [1.807, 2.05) is 20.8 Å². The SMILES string of the molecule is CCN(CC(C)C)C(=O)c1c(-c2c(F)cccc2Cl)noc1C. The fraction of sp³-hybridized carbons (Fsp3) is 0.412. The number of aromatic nitrogens is 1. The van der Waals surface area contributed by atoms with Crippen molar-refractivity contribution in [2.24, 2.45) is 5.92 Å². The van der Waals surface area contributed by atoms with Crippen LogP contribution in [-0.4, -0.2) is 29.1 Å². The highest BCUT2D eigenvalue weighted by atomic mass is 35.5. The van der Waals surface area contributed by atoms with Gasteiger partial charge in [0.1, 0.15) is 22.8 Å². The number of benzene rings is 1. The average Bonchev–Trinajstić information content (AvgIpc) is 2.85. The second-order valence-electron chi connectivity index (χ2n) is 5.80. The number of aryl methyl sites for hydroxylation is 1. The summed E-state index contributed by atoms with van der Waals surface area (Å²) < 4.78 is 19.3. The molecule has 1 amide bonds. The van der Waals surface area contributed by atoms with Gasteiger partial charge in [-0.3, -0.25) is 4.79 Å². The molecule has 0 radical (unpaired) electrons. The van der Waals surface area contributed by atoms with Gasteiger partial charge in [0.25, 0.3) is 5.91 Å². The molecule has 0 unspecified atom stereocenters. The Hall–Kier alpha value is -1.88. The van der Waals surface area contributed by atoms with Crippen LogP contribution in [0.2, 0.25) is 5.02 Å². The Bertz CT molecular complexity index is 692. The number of hydrogen-bond acceptors (Lipinski definition) is 3. The van der Waals surface area contributed by atoms with Crippen LogP contribution in [0.3, 0.4) is 0 Å². The van der Waals surface area contributed by atoms with Crippen molar-refractivity contribution in [1.29, 1.82) is 0 Å². The molecule has 1 heterocycles. The summed E-state index contributed by atoms with van der Waals surface area (Å²) in [5.41, 5.74) is 0.507. The normalized spacial score (nSPS) is 11.1. The summed E-state index contributed by atoms with van der Waals surface area (Å²) in [6.45, 7) is 8.76. The highest BCUT2D eigenvalue weighted by Gasteiger charge is 2.28. The molecule has 0 N–H and O–H groups in total. The lowest BCUT2D eigenvalue weighted by molar-refractivity contribution is 0.0744. The largest absolute Gasteiger partial charge is 0.360 e. The summed E-state index contributed by atoms with van der Waals surface area (Å²) in [5.74, 6) is -0.0906. The summed E-state index contributed by atoms with van der Waals surface area (Å²) >= 11 is 6.10. The molecule has 0 aliphatic carbocycles. The molecule has 4 nitrogen and oxygen atoms in total. The number of hydrogen-bond donors (Lipinski definition) is 0. The third kappa shape index (κ3) is 3.55. The number of carbonyl (C=O) groups excluding carboxylic acids is 1. The molecular weight excluding hydrogens is 319 g/mol. The molecule has 0 aliphatic heterocycles. The van der Waals surface area contributed by atoms with Gasteiger partial charge in [-0.1, -0.05) is 36.7 Å². The first-order valence-electron chi connectivity index (χ1n) is 7.56. The van der Waals surface area contributed by atoms with E-state index in [1.54, 1.807) is 17.9 Å². The molecule has 0 atom stereocenters. The van der Waals surface area contributed by atoms with Gasteiger partial charge in [0, 0.05) is 13.1 Å². The van der Waals surface area contributed by atoms with Crippen molar-refractivity contribution in [3.8, 4) is 11.3 Å². The highest BCUT2D eigenvalue weighted by Crippen LogP contribution is 2.34. The van der Waals surface area contributed by atoms with Crippen molar-refractivity contribution in [1.82, 2.24) is 10.1 Å². The third-order valence-electron chi connectivity index (χ3n) is 3.53. The Morgan fingerprint density at radius 1 is 1.43 bits per heavy atom. The fourth-order valence-corrected chi connectivity index (χ4v) is 2.73. The molecule has 1 aromatic carbocycles. The van der Waals surface area contributed by atoms with Crippen molar-refractivity contribution in [3.63, 3.8) is 0 Å². The minimum Gasteiger partial charge on any atom is -0.360 e. The van der Waals surface area contributed by atoms with Crippen LogP contribution in [-0.2, 0) is 0 Å². The van der Waals surface area contributed by atoms with Gasteiger partial charge in [-0.25, -0.2) is 4.39 Å². The zero-order chi connectivity index (χ0) is 17.1. The van der Waals surface area contributed by atoms with Gasteiger partial charge in [-0.2, -0.15) is 0 Å². The Balaban J connectivity index is 2.53. The summed E-state index contributed by atoms with van der Waals surface area (Å²) in [6.07, 6.45) is 0. The van der Waals surface area contributed by atoms with Crippen LogP contribution < -0.4 is 0 Å². The smallest absolute Gasteiger partial charge is 0.259 e. The molecule has 124 valence electrons. The van der Waals surface area contributed by atoms with Gasteiger partial charge in [-0.05, 0) is 31.9 Å². The monoisotopic (exact) mass is 338 g/mol. The molecule has 6 heteroatoms. The first-order valence-corrected chi connectivity index (χ1v) is 7.94. The molecule has 2 aromatic rings. The molecule has 0 saturated heterocycles. The van der Waals surface area contributed by atoms with Crippen LogP contribution in [0.5, 0.6) is 0 Å². The molecule has 23 heavy (non-hydrogen) atoms. The topological polar surface area (TPSA) is 46.3 Å². The van der Waals surface area contributed by atoms with E-state index < -0.39 is 5.82 Å². The predicted octanol–water partition coefficient (Wildman–Crippen LogP) is 4.56. The van der Waals surface area contributed by atoms with Crippen molar-refractivity contribution in [2.45, 2.75) is 27.7 Å². The van der Waals surface area contributed by atoms with E-state index >= 15 is 0 Å². The molecular formula is C17H20ClFN2O2. The Kier molecular flexibility index (Phi) is 5.42. The van der Waals surface area contributed by atoms with Crippen molar-refractivity contribution < 1.29 is 13.7 Å². The molecule has 0 spiro atoms. The Morgan fingerprint density at radius 3 is 2.70 bits per heavy atom. The second kappa shape index (κ2) is 7.13. The van der Waals surface area contributed by atoms with E-state index in [9.17, 15) is 9.18 Å². The van der Waals surface area contributed by atoms with Gasteiger partial charge in [0.2, 0.25) is 0 Å². The first kappa shape index (κ1) is 17.5. The quantitative estimate of drug-likeness (QED) is 0.802. The van der Waals surface area contributed by atoms with Crippen molar-refractivity contribution >= 4 is 17.5 Å². The third-order valence-corrected chi connectivity index (χ3v) is 3.85. The number of halogens is 2. The van der Waals surface area contributed by atoms with Crippen LogP contribution in [0.15, 0.2) is 22.7 Å². The molecule has 0 saturated carbocycles. The van der Waals surface area contributed by atoms with Gasteiger partial charge < -0.3 is 9.42 Å². The molecule has 1 aromatic heterocycles. The minimum atomic E-state index is -0.535. The van der Waals surface area contributed by atoms with E-state index in [4.69, 9.17) is 16.1 Å². The lowest BCUT2D eigenvalue weighted by Gasteiger charge is -2.23. The number of nitrogens with zero attached hydrogens (tertiary/aromatic N) is 2. The van der Waals surface area contributed by atoms with Crippen LogP contribution >= 0.6 is 11.6 Å². The van der Waals surface area contributed by atoms with Gasteiger partial charge in [0.05, 0.1) is 10.6 Å². The summed E-state index contributed by atoms with van der Waals surface area (Å²) in [5, 5.41) is 4.07.